The Morgan fingerprint density at radius 2 is 1.85 bits per heavy atom. The lowest BCUT2D eigenvalue weighted by Gasteiger charge is -2.17. The van der Waals surface area contributed by atoms with Crippen molar-refractivity contribution in [3.63, 3.8) is 0 Å². The molecule has 0 fully saturated rings. The molecular weight excluding hydrogens is 210 g/mol. The van der Waals surface area contributed by atoms with E-state index in [2.05, 4.69) is 4.72 Å². The minimum Gasteiger partial charge on any atom is -0.214 e. The second-order valence-corrected chi connectivity index (χ2v) is 6.52. The highest BCUT2D eigenvalue weighted by Gasteiger charge is 2.16. The van der Waals surface area contributed by atoms with Crippen molar-refractivity contribution in [2.24, 2.45) is 5.41 Å². The van der Waals surface area contributed by atoms with Crippen LogP contribution in [-0.2, 0) is 10.0 Å². The zero-order chi connectivity index (χ0) is 10.5. The van der Waals surface area contributed by atoms with Crippen molar-refractivity contribution in [1.82, 2.24) is 4.72 Å². The summed E-state index contributed by atoms with van der Waals surface area (Å²) in [5.41, 5.74) is 0.0513. The van der Waals surface area contributed by atoms with Crippen molar-refractivity contribution in [2.75, 3.05) is 18.2 Å². The van der Waals surface area contributed by atoms with Crippen LogP contribution in [0.4, 0.5) is 0 Å². The van der Waals surface area contributed by atoms with E-state index in [-0.39, 0.29) is 11.2 Å². The van der Waals surface area contributed by atoms with Gasteiger partial charge in [0.25, 0.3) is 0 Å². The first-order valence-corrected chi connectivity index (χ1v) is 6.49. The fourth-order valence-electron chi connectivity index (χ4n) is 0.707. The summed E-state index contributed by atoms with van der Waals surface area (Å²) in [4.78, 5) is 0. The lowest BCUT2D eigenvalue weighted by Crippen LogP contribution is -2.29. The van der Waals surface area contributed by atoms with Gasteiger partial charge in [0.2, 0.25) is 10.0 Å². The first-order valence-electron chi connectivity index (χ1n) is 4.30. The van der Waals surface area contributed by atoms with E-state index < -0.39 is 10.0 Å². The van der Waals surface area contributed by atoms with E-state index >= 15 is 0 Å². The van der Waals surface area contributed by atoms with E-state index in [0.29, 0.717) is 18.8 Å². The molecule has 0 aliphatic rings. The molecule has 0 unspecified atom stereocenters. The van der Waals surface area contributed by atoms with Gasteiger partial charge >= 0.3 is 0 Å². The molecule has 0 aromatic heterocycles. The average Bonchev–Trinajstić information content (AvgIpc) is 1.97. The predicted octanol–water partition coefficient (Wildman–Crippen LogP) is 1.58. The monoisotopic (exact) mass is 227 g/mol. The molecule has 0 saturated heterocycles. The smallest absolute Gasteiger partial charge is 0.211 e. The highest BCUT2D eigenvalue weighted by atomic mass is 35.5. The minimum atomic E-state index is -3.11. The number of hydrogen-bond donors (Lipinski definition) is 1. The fraction of sp³-hybridized carbons (Fsp3) is 1.00. The second kappa shape index (κ2) is 5.17. The Morgan fingerprint density at radius 1 is 1.31 bits per heavy atom. The molecule has 3 nitrogen and oxygen atoms in total. The lowest BCUT2D eigenvalue weighted by atomic mass is 9.94. The van der Waals surface area contributed by atoms with Gasteiger partial charge in [-0.1, -0.05) is 20.8 Å². The van der Waals surface area contributed by atoms with Crippen LogP contribution in [0.5, 0.6) is 0 Å². The van der Waals surface area contributed by atoms with Gasteiger partial charge in [0.15, 0.2) is 0 Å². The third-order valence-corrected chi connectivity index (χ3v) is 3.11. The fourth-order valence-corrected chi connectivity index (χ4v) is 2.35. The van der Waals surface area contributed by atoms with Crippen LogP contribution in [-0.4, -0.2) is 26.6 Å². The topological polar surface area (TPSA) is 46.2 Å². The summed E-state index contributed by atoms with van der Waals surface area (Å²) in [6, 6.07) is 0. The quantitative estimate of drug-likeness (QED) is 0.725. The number of alkyl halides is 1. The molecule has 0 aliphatic heterocycles. The highest BCUT2D eigenvalue weighted by molar-refractivity contribution is 7.89. The molecular formula is C8H18ClNO2S. The molecule has 0 amide bonds. The lowest BCUT2D eigenvalue weighted by molar-refractivity contribution is 0.396. The number of rotatable bonds is 5. The van der Waals surface area contributed by atoms with Crippen molar-refractivity contribution in [3.05, 3.63) is 0 Å². The van der Waals surface area contributed by atoms with Crippen LogP contribution in [0.15, 0.2) is 0 Å². The summed E-state index contributed by atoms with van der Waals surface area (Å²) < 4.78 is 25.0. The van der Waals surface area contributed by atoms with Crippen LogP contribution in [0.25, 0.3) is 0 Å². The van der Waals surface area contributed by atoms with Gasteiger partial charge in [-0.05, 0) is 11.8 Å². The molecule has 0 aliphatic carbocycles. The maximum atomic E-state index is 11.3. The van der Waals surface area contributed by atoms with Gasteiger partial charge in [0, 0.05) is 12.4 Å². The molecule has 0 aromatic carbocycles. The SMILES string of the molecule is CC(C)(C)CCS(=O)(=O)NCCCl. The Morgan fingerprint density at radius 3 is 2.23 bits per heavy atom. The summed E-state index contributed by atoms with van der Waals surface area (Å²) >= 11 is 5.37. The Labute approximate surface area is 85.9 Å². The summed E-state index contributed by atoms with van der Waals surface area (Å²) in [5, 5.41) is 0. The average molecular weight is 228 g/mol. The second-order valence-electron chi connectivity index (χ2n) is 4.21. The molecule has 0 atom stereocenters. The summed E-state index contributed by atoms with van der Waals surface area (Å²) in [6.45, 7) is 6.37. The zero-order valence-corrected chi connectivity index (χ0v) is 10.0. The molecule has 0 bridgehead atoms. The standard InChI is InChI=1S/C8H18ClNO2S/c1-8(2,3)4-7-13(11,12)10-6-5-9/h10H,4-7H2,1-3H3. The third kappa shape index (κ3) is 8.53. The molecule has 0 spiro atoms. The van der Waals surface area contributed by atoms with Gasteiger partial charge in [-0.3, -0.25) is 0 Å². The van der Waals surface area contributed by atoms with E-state index in [9.17, 15) is 8.42 Å². The third-order valence-electron chi connectivity index (χ3n) is 1.54. The van der Waals surface area contributed by atoms with Crippen LogP contribution in [0.1, 0.15) is 27.2 Å². The molecule has 80 valence electrons. The van der Waals surface area contributed by atoms with Crippen LogP contribution in [0.2, 0.25) is 0 Å². The van der Waals surface area contributed by atoms with E-state index in [1.54, 1.807) is 0 Å². The Kier molecular flexibility index (Phi) is 5.25. The van der Waals surface area contributed by atoms with Crippen molar-refractivity contribution in [2.45, 2.75) is 27.2 Å². The van der Waals surface area contributed by atoms with E-state index in [1.807, 2.05) is 20.8 Å². The number of nitrogens with one attached hydrogen (secondary N) is 1. The molecule has 1 N–H and O–H groups in total. The highest BCUT2D eigenvalue weighted by Crippen LogP contribution is 2.18. The van der Waals surface area contributed by atoms with Gasteiger partial charge in [-0.2, -0.15) is 0 Å². The number of hydrogen-bond acceptors (Lipinski definition) is 2. The van der Waals surface area contributed by atoms with Crippen molar-refractivity contribution < 1.29 is 8.42 Å². The van der Waals surface area contributed by atoms with E-state index in [1.165, 1.54) is 0 Å². The van der Waals surface area contributed by atoms with Crippen LogP contribution >= 0.6 is 11.6 Å². The van der Waals surface area contributed by atoms with Gasteiger partial charge in [0.05, 0.1) is 5.75 Å². The zero-order valence-electron chi connectivity index (χ0n) is 8.43. The maximum Gasteiger partial charge on any atom is 0.211 e. The molecule has 0 rings (SSSR count). The van der Waals surface area contributed by atoms with E-state index in [0.717, 1.165) is 0 Å². The van der Waals surface area contributed by atoms with Gasteiger partial charge in [-0.25, -0.2) is 13.1 Å². The van der Waals surface area contributed by atoms with Crippen LogP contribution < -0.4 is 4.72 Å². The van der Waals surface area contributed by atoms with Gasteiger partial charge in [-0.15, -0.1) is 11.6 Å². The first-order chi connectivity index (χ1) is 5.77. The van der Waals surface area contributed by atoms with Crippen LogP contribution in [0, 0.1) is 5.41 Å². The molecule has 0 heterocycles. The van der Waals surface area contributed by atoms with Gasteiger partial charge in [0.1, 0.15) is 0 Å². The van der Waals surface area contributed by atoms with Crippen molar-refractivity contribution >= 4 is 21.6 Å². The predicted molar refractivity (Wildman–Crippen MR) is 56.6 cm³/mol. The Balaban J connectivity index is 3.91. The van der Waals surface area contributed by atoms with E-state index in [4.69, 9.17) is 11.6 Å². The Hall–Kier alpha value is 0.200. The number of halogens is 1. The summed E-state index contributed by atoms with van der Waals surface area (Å²) in [6.07, 6.45) is 0.657. The van der Waals surface area contributed by atoms with Crippen molar-refractivity contribution in [3.8, 4) is 0 Å². The molecule has 0 saturated carbocycles. The normalized spacial score (nSPS) is 13.2. The Bertz CT molecular complexity index is 231. The molecule has 13 heavy (non-hydrogen) atoms. The largest absolute Gasteiger partial charge is 0.214 e. The minimum absolute atomic E-state index is 0.0513. The first kappa shape index (κ1) is 13.2. The molecule has 5 heteroatoms. The van der Waals surface area contributed by atoms with Crippen molar-refractivity contribution in [1.29, 1.82) is 0 Å². The molecule has 0 radical (unpaired) electrons. The van der Waals surface area contributed by atoms with Gasteiger partial charge < -0.3 is 0 Å². The maximum absolute atomic E-state index is 11.3. The number of sulfonamides is 1. The summed E-state index contributed by atoms with van der Waals surface area (Å²) in [7, 11) is -3.11. The molecule has 0 aromatic rings. The van der Waals surface area contributed by atoms with Crippen LogP contribution in [0.3, 0.4) is 0 Å². The summed E-state index contributed by atoms with van der Waals surface area (Å²) in [5.74, 6) is 0.488.